The maximum absolute atomic E-state index is 9.77. The number of rotatable bonds is 4. The van der Waals surface area contributed by atoms with Crippen LogP contribution < -0.4 is 5.32 Å². The predicted octanol–water partition coefficient (Wildman–Crippen LogP) is 1.22. The number of hydrogen-bond donors (Lipinski definition) is 2. The normalized spacial score (nSPS) is 35.6. The van der Waals surface area contributed by atoms with Gasteiger partial charge in [-0.25, -0.2) is 0 Å². The van der Waals surface area contributed by atoms with Crippen LogP contribution in [0.25, 0.3) is 0 Å². The molecule has 2 aliphatic heterocycles. The van der Waals surface area contributed by atoms with E-state index in [0.717, 1.165) is 25.9 Å². The third-order valence-electron chi connectivity index (χ3n) is 4.13. The maximum atomic E-state index is 9.77. The summed E-state index contributed by atoms with van der Waals surface area (Å²) < 4.78 is 0. The second-order valence-corrected chi connectivity index (χ2v) is 6.38. The summed E-state index contributed by atoms with van der Waals surface area (Å²) in [6.07, 6.45) is 4.52. The third kappa shape index (κ3) is 2.58. The average Bonchev–Trinajstić information content (AvgIpc) is 2.44. The van der Waals surface area contributed by atoms with Crippen molar-refractivity contribution in [2.75, 3.05) is 20.1 Å². The minimum absolute atomic E-state index is 0.0406. The number of aliphatic hydroxyl groups is 1. The Morgan fingerprint density at radius 3 is 2.31 bits per heavy atom. The van der Waals surface area contributed by atoms with Gasteiger partial charge in [0.05, 0.1) is 6.10 Å². The fourth-order valence-corrected chi connectivity index (χ4v) is 3.53. The second kappa shape index (κ2) is 4.63. The van der Waals surface area contributed by atoms with Crippen molar-refractivity contribution in [3.63, 3.8) is 0 Å². The van der Waals surface area contributed by atoms with Crippen molar-refractivity contribution in [1.82, 2.24) is 10.2 Å². The molecular formula is C13H26N2O. The number of nitrogens with zero attached hydrogens (tertiary/aromatic N) is 1. The smallest absolute Gasteiger partial charge is 0.0570 e. The van der Waals surface area contributed by atoms with Crippen LogP contribution in [0.15, 0.2) is 0 Å². The highest BCUT2D eigenvalue weighted by molar-refractivity contribution is 4.97. The van der Waals surface area contributed by atoms with Gasteiger partial charge in [-0.15, -0.1) is 0 Å². The summed E-state index contributed by atoms with van der Waals surface area (Å²) in [5, 5.41) is 13.1. The van der Waals surface area contributed by atoms with Gasteiger partial charge in [-0.1, -0.05) is 13.8 Å². The first-order valence-electron chi connectivity index (χ1n) is 6.60. The topological polar surface area (TPSA) is 35.5 Å². The van der Waals surface area contributed by atoms with Crippen LogP contribution in [0.4, 0.5) is 0 Å². The van der Waals surface area contributed by atoms with E-state index in [1.54, 1.807) is 0 Å². The molecular weight excluding hydrogens is 200 g/mol. The van der Waals surface area contributed by atoms with Gasteiger partial charge in [-0.2, -0.15) is 0 Å². The van der Waals surface area contributed by atoms with Crippen LogP contribution in [0.1, 0.15) is 39.5 Å². The van der Waals surface area contributed by atoms with Crippen molar-refractivity contribution in [2.45, 2.75) is 57.7 Å². The van der Waals surface area contributed by atoms with E-state index in [1.165, 1.54) is 12.8 Å². The van der Waals surface area contributed by atoms with Gasteiger partial charge in [0.15, 0.2) is 0 Å². The molecule has 16 heavy (non-hydrogen) atoms. The van der Waals surface area contributed by atoms with Gasteiger partial charge in [-0.3, -0.25) is 4.90 Å². The van der Waals surface area contributed by atoms with Crippen LogP contribution in [0.3, 0.4) is 0 Å². The van der Waals surface area contributed by atoms with E-state index in [9.17, 15) is 5.11 Å². The molecule has 0 saturated carbocycles. The van der Waals surface area contributed by atoms with E-state index in [2.05, 4.69) is 24.1 Å². The molecule has 2 N–H and O–H groups in total. The zero-order chi connectivity index (χ0) is 11.8. The molecule has 0 aliphatic carbocycles. The zero-order valence-electron chi connectivity index (χ0n) is 10.9. The lowest BCUT2D eigenvalue weighted by atomic mass is 9.89. The van der Waals surface area contributed by atoms with Gasteiger partial charge >= 0.3 is 0 Å². The average molecular weight is 226 g/mol. The van der Waals surface area contributed by atoms with E-state index >= 15 is 0 Å². The predicted molar refractivity (Wildman–Crippen MR) is 66.5 cm³/mol. The van der Waals surface area contributed by atoms with Crippen molar-refractivity contribution >= 4 is 0 Å². The Hall–Kier alpha value is -0.120. The van der Waals surface area contributed by atoms with E-state index in [0.29, 0.717) is 17.5 Å². The fourth-order valence-electron chi connectivity index (χ4n) is 3.53. The van der Waals surface area contributed by atoms with Gasteiger partial charge < -0.3 is 10.4 Å². The van der Waals surface area contributed by atoms with E-state index in [1.807, 2.05) is 7.05 Å². The van der Waals surface area contributed by atoms with Gasteiger partial charge in [0.25, 0.3) is 0 Å². The van der Waals surface area contributed by atoms with Gasteiger partial charge in [0.1, 0.15) is 0 Å². The zero-order valence-corrected chi connectivity index (χ0v) is 10.9. The number of aliphatic hydroxyl groups excluding tert-OH is 1. The van der Waals surface area contributed by atoms with Crippen LogP contribution in [0.2, 0.25) is 0 Å². The molecule has 0 radical (unpaired) electrons. The molecule has 3 nitrogen and oxygen atoms in total. The molecule has 2 heterocycles. The summed E-state index contributed by atoms with van der Waals surface area (Å²) in [6.45, 7) is 6.88. The molecule has 2 unspecified atom stereocenters. The highest BCUT2D eigenvalue weighted by Gasteiger charge is 2.41. The molecule has 94 valence electrons. The molecule has 2 aliphatic rings. The van der Waals surface area contributed by atoms with Crippen LogP contribution in [0, 0.1) is 5.41 Å². The summed E-state index contributed by atoms with van der Waals surface area (Å²) in [7, 11) is 2.02. The fraction of sp³-hybridized carbons (Fsp3) is 1.00. The minimum atomic E-state index is -0.0406. The highest BCUT2D eigenvalue weighted by atomic mass is 16.3. The van der Waals surface area contributed by atoms with Crippen LogP contribution in [-0.2, 0) is 0 Å². The SMILES string of the molecule is CNCC(C)(C)CN1C2CCC1CC(O)C2. The van der Waals surface area contributed by atoms with Crippen LogP contribution in [-0.4, -0.2) is 48.3 Å². The standard InChI is InChI=1S/C13H26N2O/c1-13(2,8-14-3)9-15-10-4-5-11(15)7-12(16)6-10/h10-12,14,16H,4-9H2,1-3H3. The number of fused-ring (bicyclic) bond motifs is 2. The second-order valence-electron chi connectivity index (χ2n) is 6.38. The van der Waals surface area contributed by atoms with Gasteiger partial charge in [0.2, 0.25) is 0 Å². The van der Waals surface area contributed by atoms with E-state index < -0.39 is 0 Å². The van der Waals surface area contributed by atoms with Gasteiger partial charge in [-0.05, 0) is 38.1 Å². The molecule has 3 heteroatoms. The summed E-state index contributed by atoms with van der Waals surface area (Å²) in [4.78, 5) is 2.66. The molecule has 0 aromatic carbocycles. The van der Waals surface area contributed by atoms with E-state index in [4.69, 9.17) is 0 Å². The molecule has 2 atom stereocenters. The summed E-state index contributed by atoms with van der Waals surface area (Å²) >= 11 is 0. The van der Waals surface area contributed by atoms with Crippen LogP contribution in [0.5, 0.6) is 0 Å². The van der Waals surface area contributed by atoms with Crippen molar-refractivity contribution in [1.29, 1.82) is 0 Å². The van der Waals surface area contributed by atoms with Crippen molar-refractivity contribution in [2.24, 2.45) is 5.41 Å². The number of hydrogen-bond acceptors (Lipinski definition) is 3. The Balaban J connectivity index is 1.96. The Morgan fingerprint density at radius 1 is 1.25 bits per heavy atom. The quantitative estimate of drug-likeness (QED) is 0.756. The Kier molecular flexibility index (Phi) is 3.57. The van der Waals surface area contributed by atoms with Crippen LogP contribution >= 0.6 is 0 Å². The van der Waals surface area contributed by atoms with Crippen molar-refractivity contribution in [3.8, 4) is 0 Å². The lowest BCUT2D eigenvalue weighted by Gasteiger charge is -2.41. The Labute approximate surface area is 99.2 Å². The molecule has 0 aromatic rings. The minimum Gasteiger partial charge on any atom is -0.393 e. The molecule has 2 rings (SSSR count). The van der Waals surface area contributed by atoms with E-state index in [-0.39, 0.29) is 6.10 Å². The lowest BCUT2D eigenvalue weighted by Crippen LogP contribution is -2.50. The molecule has 0 spiro atoms. The summed E-state index contributed by atoms with van der Waals surface area (Å²) in [6, 6.07) is 1.29. The third-order valence-corrected chi connectivity index (χ3v) is 4.13. The number of nitrogens with one attached hydrogen (secondary N) is 1. The molecule has 0 amide bonds. The molecule has 2 saturated heterocycles. The Morgan fingerprint density at radius 2 is 1.81 bits per heavy atom. The summed E-state index contributed by atoms with van der Waals surface area (Å²) in [5.41, 5.74) is 0.331. The van der Waals surface area contributed by atoms with Crippen molar-refractivity contribution in [3.05, 3.63) is 0 Å². The monoisotopic (exact) mass is 226 g/mol. The summed E-state index contributed by atoms with van der Waals surface area (Å²) in [5.74, 6) is 0. The molecule has 0 aromatic heterocycles. The largest absolute Gasteiger partial charge is 0.393 e. The number of piperidine rings is 1. The molecule has 2 bridgehead atoms. The lowest BCUT2D eigenvalue weighted by molar-refractivity contribution is 0.0160. The maximum Gasteiger partial charge on any atom is 0.0570 e. The first-order chi connectivity index (χ1) is 7.52. The first-order valence-corrected chi connectivity index (χ1v) is 6.60. The van der Waals surface area contributed by atoms with Crippen molar-refractivity contribution < 1.29 is 5.11 Å². The van der Waals surface area contributed by atoms with Gasteiger partial charge in [0, 0.05) is 25.2 Å². The highest BCUT2D eigenvalue weighted by Crippen LogP contribution is 2.37. The first kappa shape index (κ1) is 12.3. The Bertz CT molecular complexity index is 228. The molecule has 2 fully saturated rings.